The molecule has 0 rings (SSSR count). The van der Waals surface area contributed by atoms with E-state index in [2.05, 4.69) is 4.99 Å². The topological polar surface area (TPSA) is 155 Å². The molecule has 0 unspecified atom stereocenters. The van der Waals surface area contributed by atoms with Crippen LogP contribution in [0.15, 0.2) is 4.99 Å². The number of carbonyl (C=O) groups excluding carboxylic acids is 1. The fourth-order valence-electron chi connectivity index (χ4n) is 1.40. The van der Waals surface area contributed by atoms with Crippen molar-refractivity contribution >= 4 is 18.0 Å². The summed E-state index contributed by atoms with van der Waals surface area (Å²) in [7, 11) is 0. The largest absolute Gasteiger partial charge is 0.480 e. The Hall–Kier alpha value is -2.50. The quantitative estimate of drug-likeness (QED) is 0.208. The number of nitrogens with two attached hydrogens (primary N) is 2. The van der Waals surface area contributed by atoms with Crippen LogP contribution in [0.5, 0.6) is 0 Å². The van der Waals surface area contributed by atoms with Crippen LogP contribution < -0.4 is 11.5 Å². The summed E-state index contributed by atoms with van der Waals surface area (Å²) < 4.78 is 5.00. The number of aliphatic imine (C=N–C) groups is 1. The van der Waals surface area contributed by atoms with Crippen LogP contribution in [0.4, 0.5) is 4.79 Å². The van der Waals surface area contributed by atoms with Crippen LogP contribution in [-0.4, -0.2) is 46.2 Å². The van der Waals surface area contributed by atoms with Crippen LogP contribution in [0, 0.1) is 11.5 Å². The lowest BCUT2D eigenvalue weighted by molar-refractivity contribution is -0.142. The zero-order valence-electron chi connectivity index (χ0n) is 12.4. The number of carboxylic acids is 1. The van der Waals surface area contributed by atoms with Gasteiger partial charge in [-0.15, -0.1) is 0 Å². The summed E-state index contributed by atoms with van der Waals surface area (Å²) in [4.78, 5) is 27.2. The minimum absolute atomic E-state index is 0.0267. The number of rotatable bonds is 6. The van der Waals surface area contributed by atoms with Gasteiger partial charge in [-0.2, -0.15) is 10.2 Å². The third kappa shape index (κ3) is 7.61. The van der Waals surface area contributed by atoms with Gasteiger partial charge in [0.25, 0.3) is 0 Å². The molecule has 0 aliphatic rings. The van der Waals surface area contributed by atoms with Crippen molar-refractivity contribution in [3.05, 3.63) is 0 Å². The lowest BCUT2D eigenvalue weighted by Crippen LogP contribution is -2.44. The van der Waals surface area contributed by atoms with E-state index in [1.54, 1.807) is 27.0 Å². The molecule has 0 spiro atoms. The van der Waals surface area contributed by atoms with E-state index in [9.17, 15) is 9.59 Å². The summed E-state index contributed by atoms with van der Waals surface area (Å²) in [5, 5.41) is 18.1. The van der Waals surface area contributed by atoms with Gasteiger partial charge in [-0.05, 0) is 33.6 Å². The SMILES string of the molecule is CC(C)(C)OC(=O)N(C#N)[C@@H](CCCN=C(N)N)C(=O)O. The molecule has 1 amide bonds. The Balaban J connectivity index is 4.82. The van der Waals surface area contributed by atoms with Crippen molar-refractivity contribution in [2.45, 2.75) is 45.3 Å². The lowest BCUT2D eigenvalue weighted by atomic mass is 10.1. The number of nitrogens with zero attached hydrogens (tertiary/aromatic N) is 3. The Morgan fingerprint density at radius 3 is 2.38 bits per heavy atom. The number of hydrogen-bond donors (Lipinski definition) is 3. The summed E-state index contributed by atoms with van der Waals surface area (Å²) >= 11 is 0. The number of nitriles is 1. The van der Waals surface area contributed by atoms with Crippen LogP contribution in [0.3, 0.4) is 0 Å². The van der Waals surface area contributed by atoms with Crippen LogP contribution in [0.2, 0.25) is 0 Å². The first-order valence-electron chi connectivity index (χ1n) is 6.28. The summed E-state index contributed by atoms with van der Waals surface area (Å²) in [6.45, 7) is 5.07. The highest BCUT2D eigenvalue weighted by Crippen LogP contribution is 2.14. The van der Waals surface area contributed by atoms with Crippen LogP contribution in [0.1, 0.15) is 33.6 Å². The molecule has 0 bridgehead atoms. The first-order valence-corrected chi connectivity index (χ1v) is 6.28. The molecule has 0 aromatic rings. The Labute approximate surface area is 123 Å². The Kier molecular flexibility index (Phi) is 6.99. The highest BCUT2D eigenvalue weighted by Gasteiger charge is 2.32. The number of carboxylic acid groups (broad SMARTS) is 1. The van der Waals surface area contributed by atoms with Crippen molar-refractivity contribution in [2.24, 2.45) is 16.5 Å². The van der Waals surface area contributed by atoms with E-state index >= 15 is 0 Å². The molecule has 0 fully saturated rings. The second-order valence-corrected chi connectivity index (χ2v) is 5.25. The Morgan fingerprint density at radius 2 is 2.00 bits per heavy atom. The number of amides is 1. The molecule has 0 radical (unpaired) electrons. The van der Waals surface area contributed by atoms with Gasteiger partial charge < -0.3 is 21.3 Å². The van der Waals surface area contributed by atoms with Gasteiger partial charge in [-0.3, -0.25) is 4.99 Å². The molecule has 0 aromatic carbocycles. The average Bonchev–Trinajstić information content (AvgIpc) is 2.29. The third-order valence-corrected chi connectivity index (χ3v) is 2.22. The van der Waals surface area contributed by atoms with Crippen molar-refractivity contribution < 1.29 is 19.4 Å². The maximum atomic E-state index is 11.8. The van der Waals surface area contributed by atoms with Crippen molar-refractivity contribution in [3.8, 4) is 6.19 Å². The monoisotopic (exact) mass is 299 g/mol. The maximum Gasteiger partial charge on any atom is 0.424 e. The molecule has 5 N–H and O–H groups in total. The van der Waals surface area contributed by atoms with Gasteiger partial charge in [-0.25, -0.2) is 9.59 Å². The highest BCUT2D eigenvalue weighted by molar-refractivity contribution is 5.81. The maximum absolute atomic E-state index is 11.8. The second-order valence-electron chi connectivity index (χ2n) is 5.25. The van der Waals surface area contributed by atoms with Crippen LogP contribution in [-0.2, 0) is 9.53 Å². The number of carbonyl (C=O) groups is 2. The first-order chi connectivity index (χ1) is 9.58. The first kappa shape index (κ1) is 18.5. The van der Waals surface area contributed by atoms with Crippen molar-refractivity contribution in [3.63, 3.8) is 0 Å². The molecule has 0 heterocycles. The van der Waals surface area contributed by atoms with Crippen molar-refractivity contribution in [1.29, 1.82) is 5.26 Å². The number of ether oxygens (including phenoxy) is 1. The van der Waals surface area contributed by atoms with Crippen LogP contribution >= 0.6 is 0 Å². The van der Waals surface area contributed by atoms with Crippen molar-refractivity contribution in [2.75, 3.05) is 6.54 Å². The van der Waals surface area contributed by atoms with E-state index in [-0.39, 0.29) is 18.9 Å². The minimum atomic E-state index is -1.32. The summed E-state index contributed by atoms with van der Waals surface area (Å²) in [6.07, 6.45) is 0.876. The fraction of sp³-hybridized carbons (Fsp3) is 0.667. The van der Waals surface area contributed by atoms with Gasteiger partial charge in [0.1, 0.15) is 11.6 Å². The minimum Gasteiger partial charge on any atom is -0.480 e. The fourth-order valence-corrected chi connectivity index (χ4v) is 1.40. The van der Waals surface area contributed by atoms with E-state index in [1.165, 1.54) is 0 Å². The molecule has 0 aromatic heterocycles. The molecule has 0 saturated heterocycles. The van der Waals surface area contributed by atoms with E-state index in [4.69, 9.17) is 26.6 Å². The molecule has 118 valence electrons. The second kappa shape index (κ2) is 7.94. The smallest absolute Gasteiger partial charge is 0.424 e. The highest BCUT2D eigenvalue weighted by atomic mass is 16.6. The lowest BCUT2D eigenvalue weighted by Gasteiger charge is -2.26. The standard InChI is InChI=1S/C12H21N5O4/c1-12(2,3)21-11(20)17(7-13)8(9(18)19)5-4-6-16-10(14)15/h8H,4-6H2,1-3H3,(H,18,19)(H4,14,15,16)/t8-/m0/s1. The Bertz CT molecular complexity index is 446. The van der Waals surface area contributed by atoms with Crippen LogP contribution in [0.25, 0.3) is 0 Å². The molecule has 9 heteroatoms. The zero-order valence-corrected chi connectivity index (χ0v) is 12.4. The molecule has 0 aliphatic heterocycles. The normalized spacial score (nSPS) is 11.9. The van der Waals surface area contributed by atoms with Gasteiger partial charge in [0, 0.05) is 6.54 Å². The number of guanidine groups is 1. The predicted molar refractivity (Wildman–Crippen MR) is 75.0 cm³/mol. The van der Waals surface area contributed by atoms with Gasteiger partial charge in [0.15, 0.2) is 12.2 Å². The summed E-state index contributed by atoms with van der Waals surface area (Å²) in [6, 6.07) is -1.32. The molecule has 1 atom stereocenters. The van der Waals surface area contributed by atoms with Gasteiger partial charge in [0.2, 0.25) is 0 Å². The number of aliphatic carboxylic acids is 1. The predicted octanol–water partition coefficient (Wildman–Crippen LogP) is 0.211. The molecule has 21 heavy (non-hydrogen) atoms. The number of hydrogen-bond acceptors (Lipinski definition) is 5. The summed E-state index contributed by atoms with van der Waals surface area (Å²) in [5.41, 5.74) is 9.47. The zero-order chi connectivity index (χ0) is 16.6. The molecule has 0 aliphatic carbocycles. The van der Waals surface area contributed by atoms with Crippen molar-refractivity contribution in [1.82, 2.24) is 4.90 Å². The average molecular weight is 299 g/mol. The molecule has 0 saturated carbocycles. The molecule has 9 nitrogen and oxygen atoms in total. The van der Waals surface area contributed by atoms with Gasteiger partial charge in [-0.1, -0.05) is 0 Å². The molecular formula is C12H21N5O4. The van der Waals surface area contributed by atoms with E-state index in [0.29, 0.717) is 11.3 Å². The van der Waals surface area contributed by atoms with E-state index in [0.717, 1.165) is 0 Å². The Morgan fingerprint density at radius 1 is 1.43 bits per heavy atom. The third-order valence-electron chi connectivity index (χ3n) is 2.22. The van der Waals surface area contributed by atoms with Gasteiger partial charge >= 0.3 is 12.1 Å². The molecular weight excluding hydrogens is 278 g/mol. The summed E-state index contributed by atoms with van der Waals surface area (Å²) in [5.74, 6) is -1.40. The van der Waals surface area contributed by atoms with E-state index < -0.39 is 23.7 Å². The van der Waals surface area contributed by atoms with Gasteiger partial charge in [0.05, 0.1) is 0 Å². The van der Waals surface area contributed by atoms with E-state index in [1.807, 2.05) is 0 Å².